The van der Waals surface area contributed by atoms with Gasteiger partial charge in [0, 0.05) is 30.4 Å². The van der Waals surface area contributed by atoms with Crippen molar-refractivity contribution in [2.24, 2.45) is 0 Å². The van der Waals surface area contributed by atoms with E-state index in [1.54, 1.807) is 0 Å². The van der Waals surface area contributed by atoms with Gasteiger partial charge < -0.3 is 4.90 Å². The number of alkyl halides is 1. The van der Waals surface area contributed by atoms with Gasteiger partial charge in [0.15, 0.2) is 0 Å². The van der Waals surface area contributed by atoms with Crippen molar-refractivity contribution in [1.82, 2.24) is 9.80 Å². The van der Waals surface area contributed by atoms with Crippen molar-refractivity contribution in [2.75, 3.05) is 38.1 Å². The number of rotatable bonds is 5. The van der Waals surface area contributed by atoms with Gasteiger partial charge in [-0.25, -0.2) is 0 Å². The standard InChI is InChI=1S/C18H27BrN2/c19-13-17(16-7-3-1-4-8-16)14-20-12-9-18(15-20)21-10-5-2-6-11-21/h1,3-4,7-8,17-18H,2,5-6,9-15H2. The molecule has 0 bridgehead atoms. The lowest BCUT2D eigenvalue weighted by Crippen LogP contribution is -2.41. The third-order valence-electron chi connectivity index (χ3n) is 5.09. The summed E-state index contributed by atoms with van der Waals surface area (Å²) in [6.45, 7) is 6.41. The molecule has 116 valence electrons. The zero-order chi connectivity index (χ0) is 14.5. The lowest BCUT2D eigenvalue weighted by atomic mass is 10.0. The monoisotopic (exact) mass is 350 g/mol. The summed E-state index contributed by atoms with van der Waals surface area (Å²) in [6.07, 6.45) is 5.62. The number of benzene rings is 1. The Labute approximate surface area is 137 Å². The lowest BCUT2D eigenvalue weighted by Gasteiger charge is -2.32. The fourth-order valence-electron chi connectivity index (χ4n) is 3.84. The van der Waals surface area contributed by atoms with Crippen LogP contribution < -0.4 is 0 Å². The van der Waals surface area contributed by atoms with Gasteiger partial charge in [-0.3, -0.25) is 4.90 Å². The van der Waals surface area contributed by atoms with Crippen molar-refractivity contribution >= 4 is 15.9 Å². The molecule has 0 saturated carbocycles. The van der Waals surface area contributed by atoms with E-state index < -0.39 is 0 Å². The van der Waals surface area contributed by atoms with Crippen LogP contribution in [0, 0.1) is 0 Å². The fraction of sp³-hybridized carbons (Fsp3) is 0.667. The summed E-state index contributed by atoms with van der Waals surface area (Å²) in [5, 5.41) is 1.06. The molecular formula is C18H27BrN2. The minimum Gasteiger partial charge on any atom is -0.301 e. The largest absolute Gasteiger partial charge is 0.301 e. The summed E-state index contributed by atoms with van der Waals surface area (Å²) in [7, 11) is 0. The first kappa shape index (κ1) is 15.5. The van der Waals surface area contributed by atoms with Gasteiger partial charge in [0.2, 0.25) is 0 Å². The predicted molar refractivity (Wildman–Crippen MR) is 93.2 cm³/mol. The van der Waals surface area contributed by atoms with Crippen molar-refractivity contribution in [3.8, 4) is 0 Å². The Hall–Kier alpha value is -0.380. The molecule has 1 aromatic rings. The first-order valence-corrected chi connectivity index (χ1v) is 9.56. The molecule has 2 fully saturated rings. The van der Waals surface area contributed by atoms with Crippen molar-refractivity contribution in [3.05, 3.63) is 35.9 Å². The lowest BCUT2D eigenvalue weighted by molar-refractivity contribution is 0.161. The molecule has 3 rings (SSSR count). The van der Waals surface area contributed by atoms with Crippen LogP contribution in [-0.2, 0) is 0 Å². The highest BCUT2D eigenvalue weighted by atomic mass is 79.9. The van der Waals surface area contributed by atoms with Gasteiger partial charge in [-0.15, -0.1) is 0 Å². The molecule has 21 heavy (non-hydrogen) atoms. The Balaban J connectivity index is 1.53. The van der Waals surface area contributed by atoms with E-state index >= 15 is 0 Å². The zero-order valence-electron chi connectivity index (χ0n) is 12.9. The highest BCUT2D eigenvalue weighted by molar-refractivity contribution is 9.09. The summed E-state index contributed by atoms with van der Waals surface area (Å²) in [5.41, 5.74) is 1.47. The van der Waals surface area contributed by atoms with Crippen LogP contribution in [0.1, 0.15) is 37.2 Å². The van der Waals surface area contributed by atoms with Crippen LogP contribution in [-0.4, -0.2) is 53.9 Å². The van der Waals surface area contributed by atoms with Crippen LogP contribution in [0.3, 0.4) is 0 Å². The minimum atomic E-state index is 0.617. The number of piperidine rings is 1. The van der Waals surface area contributed by atoms with Crippen LogP contribution in [0.4, 0.5) is 0 Å². The molecule has 3 heteroatoms. The van der Waals surface area contributed by atoms with Crippen molar-refractivity contribution < 1.29 is 0 Å². The van der Waals surface area contributed by atoms with E-state index in [-0.39, 0.29) is 0 Å². The Morgan fingerprint density at radius 2 is 1.81 bits per heavy atom. The second-order valence-electron chi connectivity index (χ2n) is 6.56. The fourth-order valence-corrected chi connectivity index (χ4v) is 4.42. The van der Waals surface area contributed by atoms with Crippen LogP contribution in [0.15, 0.2) is 30.3 Å². The molecule has 0 spiro atoms. The first-order valence-electron chi connectivity index (χ1n) is 8.44. The maximum absolute atomic E-state index is 3.71. The van der Waals surface area contributed by atoms with E-state index in [0.717, 1.165) is 11.4 Å². The molecular weight excluding hydrogens is 324 g/mol. The number of hydrogen-bond donors (Lipinski definition) is 0. The SMILES string of the molecule is BrCC(CN1CCC(N2CCCCC2)C1)c1ccccc1. The Morgan fingerprint density at radius 1 is 1.05 bits per heavy atom. The molecule has 0 N–H and O–H groups in total. The quantitative estimate of drug-likeness (QED) is 0.746. The Morgan fingerprint density at radius 3 is 2.52 bits per heavy atom. The number of hydrogen-bond acceptors (Lipinski definition) is 2. The third kappa shape index (κ3) is 4.08. The van der Waals surface area contributed by atoms with Crippen LogP contribution >= 0.6 is 15.9 Å². The molecule has 2 saturated heterocycles. The van der Waals surface area contributed by atoms with Crippen molar-refractivity contribution in [3.63, 3.8) is 0 Å². The predicted octanol–water partition coefficient (Wildman–Crippen LogP) is 3.73. The summed E-state index contributed by atoms with van der Waals surface area (Å²) in [6, 6.07) is 11.8. The average Bonchev–Trinajstić information content (AvgIpc) is 3.03. The third-order valence-corrected chi connectivity index (χ3v) is 5.87. The van der Waals surface area contributed by atoms with Gasteiger partial charge >= 0.3 is 0 Å². The summed E-state index contributed by atoms with van der Waals surface area (Å²) >= 11 is 3.71. The van der Waals surface area contributed by atoms with Crippen molar-refractivity contribution in [1.29, 1.82) is 0 Å². The molecule has 1 aromatic carbocycles. The molecule has 2 atom stereocenters. The van der Waals surface area contributed by atoms with E-state index in [4.69, 9.17) is 0 Å². The van der Waals surface area contributed by atoms with Crippen LogP contribution in [0.25, 0.3) is 0 Å². The van der Waals surface area contributed by atoms with E-state index in [9.17, 15) is 0 Å². The molecule has 2 nitrogen and oxygen atoms in total. The van der Waals surface area contributed by atoms with Gasteiger partial charge in [0.05, 0.1) is 0 Å². The normalized spacial score (nSPS) is 26.0. The number of likely N-dealkylation sites (tertiary alicyclic amines) is 2. The van der Waals surface area contributed by atoms with E-state index in [1.165, 1.54) is 64.0 Å². The first-order chi connectivity index (χ1) is 10.4. The molecule has 0 aliphatic carbocycles. The highest BCUT2D eigenvalue weighted by Gasteiger charge is 2.29. The Kier molecular flexibility index (Phi) is 5.73. The number of nitrogens with zero attached hydrogens (tertiary/aromatic N) is 2. The van der Waals surface area contributed by atoms with Gasteiger partial charge in [-0.05, 0) is 44.5 Å². The molecule has 2 unspecified atom stereocenters. The van der Waals surface area contributed by atoms with Gasteiger partial charge in [-0.1, -0.05) is 52.7 Å². The summed E-state index contributed by atoms with van der Waals surface area (Å²) in [4.78, 5) is 5.42. The van der Waals surface area contributed by atoms with Crippen molar-refractivity contribution in [2.45, 2.75) is 37.6 Å². The zero-order valence-corrected chi connectivity index (χ0v) is 14.5. The minimum absolute atomic E-state index is 0.617. The molecule has 2 heterocycles. The molecule has 2 aliphatic heterocycles. The van der Waals surface area contributed by atoms with Gasteiger partial charge in [0.1, 0.15) is 0 Å². The maximum atomic E-state index is 3.71. The second-order valence-corrected chi connectivity index (χ2v) is 7.21. The van der Waals surface area contributed by atoms with E-state index in [0.29, 0.717) is 5.92 Å². The molecule has 2 aliphatic rings. The molecule has 0 radical (unpaired) electrons. The average molecular weight is 351 g/mol. The molecule has 0 aromatic heterocycles. The van der Waals surface area contributed by atoms with Crippen LogP contribution in [0.5, 0.6) is 0 Å². The molecule has 0 amide bonds. The van der Waals surface area contributed by atoms with Gasteiger partial charge in [-0.2, -0.15) is 0 Å². The summed E-state index contributed by atoms with van der Waals surface area (Å²) < 4.78 is 0. The number of halogens is 1. The van der Waals surface area contributed by atoms with Gasteiger partial charge in [0.25, 0.3) is 0 Å². The topological polar surface area (TPSA) is 6.48 Å². The highest BCUT2D eigenvalue weighted by Crippen LogP contribution is 2.24. The van der Waals surface area contributed by atoms with E-state index in [1.807, 2.05) is 0 Å². The smallest absolute Gasteiger partial charge is 0.0235 e. The summed E-state index contributed by atoms with van der Waals surface area (Å²) in [5.74, 6) is 0.617. The Bertz CT molecular complexity index is 416. The second kappa shape index (κ2) is 7.75. The van der Waals surface area contributed by atoms with E-state index in [2.05, 4.69) is 56.1 Å². The maximum Gasteiger partial charge on any atom is 0.0235 e. The van der Waals surface area contributed by atoms with Crippen LogP contribution in [0.2, 0.25) is 0 Å².